The van der Waals surface area contributed by atoms with Crippen molar-refractivity contribution in [3.8, 4) is 0 Å². The number of carbonyl (C=O) groups is 2. The van der Waals surface area contributed by atoms with Crippen LogP contribution in [0.5, 0.6) is 0 Å². The second-order valence-corrected chi connectivity index (χ2v) is 5.63. The Morgan fingerprint density at radius 3 is 1.33 bits per heavy atom. The molecule has 1 fully saturated rings. The van der Waals surface area contributed by atoms with Gasteiger partial charge in [-0.15, -0.1) is 37.2 Å². The summed E-state index contributed by atoms with van der Waals surface area (Å²) < 4.78 is 0. The van der Waals surface area contributed by atoms with Crippen molar-refractivity contribution >= 4 is 49.2 Å². The Bertz CT molecular complexity index is 406. The van der Waals surface area contributed by atoms with Crippen molar-refractivity contribution in [2.75, 3.05) is 26.2 Å². The molecule has 0 saturated heterocycles. The molecule has 1 aliphatic carbocycles. The van der Waals surface area contributed by atoms with Gasteiger partial charge >= 0.3 is 11.9 Å². The van der Waals surface area contributed by atoms with Gasteiger partial charge in [-0.1, -0.05) is 0 Å². The van der Waals surface area contributed by atoms with Crippen LogP contribution in [-0.2, 0) is 9.59 Å². The molecule has 0 unspecified atom stereocenters. The predicted molar refractivity (Wildman–Crippen MR) is 102 cm³/mol. The van der Waals surface area contributed by atoms with Crippen LogP contribution in [0.3, 0.4) is 0 Å². The molecule has 1 aliphatic rings. The first-order valence-electron chi connectivity index (χ1n) is 7.58. The molecule has 0 aromatic rings. The van der Waals surface area contributed by atoms with Gasteiger partial charge in [0.2, 0.25) is 0 Å². The van der Waals surface area contributed by atoms with Crippen LogP contribution in [0.15, 0.2) is 0 Å². The molecular weight excluding hydrogens is 433 g/mol. The van der Waals surface area contributed by atoms with E-state index < -0.39 is 61.5 Å². The van der Waals surface area contributed by atoms with Crippen LogP contribution in [0.4, 0.5) is 0 Å². The Morgan fingerprint density at radius 1 is 0.704 bits per heavy atom. The van der Waals surface area contributed by atoms with Crippen LogP contribution in [0, 0.1) is 0 Å². The highest BCUT2D eigenvalue weighted by Gasteiger charge is 2.49. The summed E-state index contributed by atoms with van der Waals surface area (Å²) in [4.78, 5) is 21.4. The van der Waals surface area contributed by atoms with Crippen molar-refractivity contribution in [3.63, 3.8) is 0 Å². The summed E-state index contributed by atoms with van der Waals surface area (Å²) in [5.41, 5.74) is 0. The van der Waals surface area contributed by atoms with Gasteiger partial charge < -0.3 is 36.0 Å². The van der Waals surface area contributed by atoms with Gasteiger partial charge in [0.1, 0.15) is 0 Å². The highest BCUT2D eigenvalue weighted by atomic mass is 35.5. The zero-order valence-corrected chi connectivity index (χ0v) is 16.7. The average Bonchev–Trinajstić information content (AvgIpc) is 2.49. The van der Waals surface area contributed by atoms with Crippen LogP contribution in [-0.4, -0.2) is 105 Å². The van der Waals surface area contributed by atoms with Gasteiger partial charge in [-0.05, 0) is 13.0 Å². The number of aliphatic carboxylic acids is 2. The lowest BCUT2D eigenvalue weighted by Gasteiger charge is -2.46. The molecule has 0 spiro atoms. The average molecular weight is 461 g/mol. The SMILES string of the molecule is Cl.Cl.Cl.O=C(O)CN[C@@H]1[C@H](O)[C@H](NCC(=O)O)[C@H](O)[C@H](NCCCO)[C@@H]1O. The minimum absolute atomic E-state index is 0. The summed E-state index contributed by atoms with van der Waals surface area (Å²) in [6.07, 6.45) is -3.70. The number of carboxylic acid groups (broad SMARTS) is 2. The Labute approximate surface area is 174 Å². The van der Waals surface area contributed by atoms with Crippen LogP contribution in [0.25, 0.3) is 0 Å². The van der Waals surface area contributed by atoms with E-state index in [1.165, 1.54) is 0 Å². The second kappa shape index (κ2) is 15.5. The molecule has 0 bridgehead atoms. The smallest absolute Gasteiger partial charge is 0.317 e. The van der Waals surface area contributed by atoms with Crippen LogP contribution < -0.4 is 16.0 Å². The maximum Gasteiger partial charge on any atom is 0.317 e. The first-order valence-corrected chi connectivity index (χ1v) is 7.58. The van der Waals surface area contributed by atoms with Crippen molar-refractivity contribution in [1.29, 1.82) is 0 Å². The van der Waals surface area contributed by atoms with Crippen molar-refractivity contribution < 1.29 is 40.2 Å². The summed E-state index contributed by atoms with van der Waals surface area (Å²) in [5, 5.41) is 65.0. The van der Waals surface area contributed by atoms with Crippen LogP contribution in [0.2, 0.25) is 0 Å². The number of nitrogens with one attached hydrogen (secondary N) is 3. The Hall–Kier alpha value is -0.470. The maximum absolute atomic E-state index is 10.7. The molecule has 9 N–H and O–H groups in total. The van der Waals surface area contributed by atoms with Crippen molar-refractivity contribution in [2.45, 2.75) is 42.9 Å². The minimum Gasteiger partial charge on any atom is -0.480 e. The standard InChI is InChI=1S/C13H25N3O8.3ClH/c17-3-1-2-14-8-11(22)9(15-4-6(18)19)13(24)10(12(8)23)16-5-7(20)21;;;/h8-17,22-24H,1-5H2,(H,18,19)(H,20,21);3*1H/t8-,9+,10-,11+,12-,13+;;;. The third kappa shape index (κ3) is 9.52. The largest absolute Gasteiger partial charge is 0.480 e. The number of hydrogen-bond acceptors (Lipinski definition) is 9. The van der Waals surface area contributed by atoms with Crippen LogP contribution in [0.1, 0.15) is 6.42 Å². The molecule has 6 atom stereocenters. The quantitative estimate of drug-likeness (QED) is 0.149. The third-order valence-corrected chi connectivity index (χ3v) is 3.90. The normalized spacial score (nSPS) is 29.6. The molecule has 1 rings (SSSR count). The molecule has 27 heavy (non-hydrogen) atoms. The van der Waals surface area contributed by atoms with E-state index in [1.807, 2.05) is 0 Å². The molecule has 164 valence electrons. The van der Waals surface area contributed by atoms with Crippen molar-refractivity contribution in [1.82, 2.24) is 16.0 Å². The van der Waals surface area contributed by atoms with Crippen molar-refractivity contribution in [2.24, 2.45) is 0 Å². The predicted octanol–water partition coefficient (Wildman–Crippen LogP) is -3.23. The van der Waals surface area contributed by atoms with E-state index in [9.17, 15) is 24.9 Å². The number of halogens is 3. The number of rotatable bonds is 10. The molecule has 1 saturated carbocycles. The van der Waals surface area contributed by atoms with E-state index in [1.54, 1.807) is 0 Å². The zero-order valence-electron chi connectivity index (χ0n) is 14.2. The summed E-state index contributed by atoms with van der Waals surface area (Å²) in [5.74, 6) is -2.39. The van der Waals surface area contributed by atoms with Gasteiger partial charge in [0.25, 0.3) is 0 Å². The highest BCUT2D eigenvalue weighted by molar-refractivity contribution is 5.86. The lowest BCUT2D eigenvalue weighted by molar-refractivity contribution is -0.138. The van der Waals surface area contributed by atoms with E-state index in [2.05, 4.69) is 16.0 Å². The highest BCUT2D eigenvalue weighted by Crippen LogP contribution is 2.22. The molecule has 0 heterocycles. The Kier molecular flexibility index (Phi) is 17.9. The van der Waals surface area contributed by atoms with E-state index >= 15 is 0 Å². The first kappa shape index (κ1) is 31.2. The lowest BCUT2D eigenvalue weighted by Crippen LogP contribution is -2.74. The number of hydrogen-bond donors (Lipinski definition) is 9. The summed E-state index contributed by atoms with van der Waals surface area (Å²) in [7, 11) is 0. The molecule has 0 aromatic heterocycles. The van der Waals surface area contributed by atoms with Gasteiger partial charge in [0.15, 0.2) is 0 Å². The number of aliphatic hydroxyl groups excluding tert-OH is 4. The third-order valence-electron chi connectivity index (χ3n) is 3.90. The summed E-state index contributed by atoms with van der Waals surface area (Å²) in [6.45, 7) is -0.883. The molecule has 0 amide bonds. The first-order chi connectivity index (χ1) is 11.3. The Morgan fingerprint density at radius 2 is 1.04 bits per heavy atom. The van der Waals surface area contributed by atoms with Gasteiger partial charge in [-0.3, -0.25) is 20.2 Å². The molecule has 0 radical (unpaired) electrons. The zero-order chi connectivity index (χ0) is 18.3. The Balaban J connectivity index is -0.00000192. The van der Waals surface area contributed by atoms with E-state index in [0.717, 1.165) is 0 Å². The fourth-order valence-corrected chi connectivity index (χ4v) is 2.76. The van der Waals surface area contributed by atoms with E-state index in [-0.39, 0.29) is 50.4 Å². The molecule has 0 aromatic carbocycles. The number of carboxylic acids is 2. The monoisotopic (exact) mass is 459 g/mol. The van der Waals surface area contributed by atoms with Gasteiger partial charge in [-0.25, -0.2) is 0 Å². The summed E-state index contributed by atoms with van der Waals surface area (Å²) in [6, 6.07) is -3.14. The lowest BCUT2D eigenvalue weighted by atomic mass is 9.79. The maximum atomic E-state index is 10.7. The minimum atomic E-state index is -1.41. The van der Waals surface area contributed by atoms with E-state index in [4.69, 9.17) is 15.3 Å². The summed E-state index contributed by atoms with van der Waals surface area (Å²) >= 11 is 0. The number of aliphatic hydroxyl groups is 4. The molecular formula is C13H28Cl3N3O8. The van der Waals surface area contributed by atoms with Crippen LogP contribution >= 0.6 is 37.2 Å². The van der Waals surface area contributed by atoms with Gasteiger partial charge in [0, 0.05) is 6.61 Å². The second-order valence-electron chi connectivity index (χ2n) is 5.63. The van der Waals surface area contributed by atoms with E-state index in [0.29, 0.717) is 6.42 Å². The topological polar surface area (TPSA) is 192 Å². The fraction of sp³-hybridized carbons (Fsp3) is 0.846. The molecule has 0 aliphatic heterocycles. The fourth-order valence-electron chi connectivity index (χ4n) is 2.76. The van der Waals surface area contributed by atoms with Crippen molar-refractivity contribution in [3.05, 3.63) is 0 Å². The molecule has 11 nitrogen and oxygen atoms in total. The van der Waals surface area contributed by atoms with Gasteiger partial charge in [0.05, 0.1) is 49.5 Å². The van der Waals surface area contributed by atoms with Gasteiger partial charge in [-0.2, -0.15) is 0 Å². The molecule has 14 heteroatoms.